The molecule has 5 heteroatoms. The molecule has 0 spiro atoms. The number of carboxylic acids is 1. The number of hydrogen-bond donors (Lipinski definition) is 1. The molecule has 1 atom stereocenters. The molecule has 1 unspecified atom stereocenters. The molecule has 1 heterocycles. The number of carbonyl (C=O) groups is 2. The minimum Gasteiger partial charge on any atom is -0.480 e. The van der Waals surface area contributed by atoms with Crippen LogP contribution in [0.1, 0.15) is 52.4 Å². The van der Waals surface area contributed by atoms with E-state index in [0.717, 1.165) is 38.6 Å². The molecular formula is C14H24N2O3. The third-order valence-corrected chi connectivity index (χ3v) is 4.32. The molecule has 0 bridgehead atoms. The summed E-state index contributed by atoms with van der Waals surface area (Å²) in [7, 11) is 0. The first-order valence-corrected chi connectivity index (χ1v) is 7.32. The molecule has 0 aromatic rings. The minimum absolute atomic E-state index is 0.0710. The van der Waals surface area contributed by atoms with Crippen LogP contribution >= 0.6 is 0 Å². The zero-order valence-electron chi connectivity index (χ0n) is 11.9. The van der Waals surface area contributed by atoms with Crippen LogP contribution in [0.15, 0.2) is 0 Å². The van der Waals surface area contributed by atoms with E-state index in [1.54, 1.807) is 11.8 Å². The van der Waals surface area contributed by atoms with Gasteiger partial charge < -0.3 is 14.9 Å². The van der Waals surface area contributed by atoms with E-state index in [0.29, 0.717) is 19.0 Å². The highest BCUT2D eigenvalue weighted by Gasteiger charge is 2.48. The van der Waals surface area contributed by atoms with E-state index < -0.39 is 11.5 Å². The molecule has 2 aliphatic rings. The first kappa shape index (κ1) is 14.2. The van der Waals surface area contributed by atoms with Crippen molar-refractivity contribution in [2.24, 2.45) is 0 Å². The summed E-state index contributed by atoms with van der Waals surface area (Å²) >= 11 is 0. The fourth-order valence-electron chi connectivity index (χ4n) is 2.80. The maximum atomic E-state index is 12.6. The van der Waals surface area contributed by atoms with Gasteiger partial charge in [0.25, 0.3) is 0 Å². The summed E-state index contributed by atoms with van der Waals surface area (Å²) < 4.78 is 0. The van der Waals surface area contributed by atoms with E-state index in [2.05, 4.69) is 6.92 Å². The predicted octanol–water partition coefficient (Wildman–Crippen LogP) is 2.31. The van der Waals surface area contributed by atoms with Crippen molar-refractivity contribution in [2.75, 3.05) is 13.1 Å². The van der Waals surface area contributed by atoms with E-state index in [4.69, 9.17) is 0 Å². The first-order chi connectivity index (χ1) is 9.00. The fourth-order valence-corrected chi connectivity index (χ4v) is 2.80. The Balaban J connectivity index is 2.10. The lowest BCUT2D eigenvalue weighted by molar-refractivity contribution is -0.147. The Morgan fingerprint density at radius 1 is 1.42 bits per heavy atom. The van der Waals surface area contributed by atoms with Crippen LogP contribution in [0.4, 0.5) is 4.79 Å². The second-order valence-electron chi connectivity index (χ2n) is 5.89. The van der Waals surface area contributed by atoms with Gasteiger partial charge >= 0.3 is 12.0 Å². The first-order valence-electron chi connectivity index (χ1n) is 7.32. The van der Waals surface area contributed by atoms with E-state index in [1.807, 2.05) is 4.90 Å². The molecule has 5 nitrogen and oxygen atoms in total. The number of urea groups is 1. The highest BCUT2D eigenvalue weighted by Crippen LogP contribution is 2.34. The Morgan fingerprint density at radius 2 is 2.11 bits per heavy atom. The molecule has 2 fully saturated rings. The van der Waals surface area contributed by atoms with Gasteiger partial charge in [-0.2, -0.15) is 0 Å². The minimum atomic E-state index is -1.02. The molecule has 2 amide bonds. The van der Waals surface area contributed by atoms with Crippen molar-refractivity contribution in [2.45, 2.75) is 64.0 Å². The Bertz CT molecular complexity index is 368. The molecule has 1 saturated heterocycles. The third kappa shape index (κ3) is 2.69. The Labute approximate surface area is 114 Å². The molecule has 1 aliphatic carbocycles. The average Bonchev–Trinajstić information content (AvgIpc) is 3.12. The summed E-state index contributed by atoms with van der Waals surface area (Å²) in [6.45, 7) is 5.10. The lowest BCUT2D eigenvalue weighted by Crippen LogP contribution is -2.55. The van der Waals surface area contributed by atoms with Crippen molar-refractivity contribution in [3.8, 4) is 0 Å². The molecule has 2 rings (SSSR count). The molecule has 19 heavy (non-hydrogen) atoms. The van der Waals surface area contributed by atoms with Gasteiger partial charge in [-0.25, -0.2) is 9.59 Å². The molecule has 0 radical (unpaired) electrons. The molecule has 1 saturated carbocycles. The van der Waals surface area contributed by atoms with Crippen molar-refractivity contribution < 1.29 is 14.7 Å². The molecular weight excluding hydrogens is 244 g/mol. The molecule has 1 aliphatic heterocycles. The van der Waals surface area contributed by atoms with Crippen molar-refractivity contribution in [3.05, 3.63) is 0 Å². The number of hydrogen-bond acceptors (Lipinski definition) is 2. The number of aliphatic carboxylic acids is 1. The van der Waals surface area contributed by atoms with Crippen LogP contribution in [-0.4, -0.2) is 51.6 Å². The topological polar surface area (TPSA) is 60.9 Å². The smallest absolute Gasteiger partial charge is 0.329 e. The number of nitrogens with zero attached hydrogens (tertiary/aromatic N) is 2. The van der Waals surface area contributed by atoms with Crippen LogP contribution in [-0.2, 0) is 4.79 Å². The Hall–Kier alpha value is -1.26. The van der Waals surface area contributed by atoms with Gasteiger partial charge in [0.15, 0.2) is 0 Å². The summed E-state index contributed by atoms with van der Waals surface area (Å²) in [4.78, 5) is 27.6. The summed E-state index contributed by atoms with van der Waals surface area (Å²) in [5, 5.41) is 9.39. The van der Waals surface area contributed by atoms with Crippen LogP contribution in [0, 0.1) is 0 Å². The standard InChI is InChI=1S/C14H24N2O3/c1-3-4-9-15(11-6-7-11)13(19)16-10-5-8-14(16,2)12(17)18/h11H,3-10H2,1-2H3,(H,17,18). The van der Waals surface area contributed by atoms with Crippen molar-refractivity contribution in [3.63, 3.8) is 0 Å². The maximum absolute atomic E-state index is 12.6. The SMILES string of the molecule is CCCCN(C(=O)N1CCCC1(C)C(=O)O)C1CC1. The van der Waals surface area contributed by atoms with Crippen LogP contribution in [0.5, 0.6) is 0 Å². The number of carbonyl (C=O) groups excluding carboxylic acids is 1. The normalized spacial score (nSPS) is 26.5. The highest BCUT2D eigenvalue weighted by molar-refractivity contribution is 5.87. The number of carboxylic acid groups (broad SMARTS) is 1. The Morgan fingerprint density at radius 3 is 2.63 bits per heavy atom. The van der Waals surface area contributed by atoms with Crippen LogP contribution in [0.2, 0.25) is 0 Å². The maximum Gasteiger partial charge on any atom is 0.329 e. The van der Waals surface area contributed by atoms with Crippen molar-refractivity contribution >= 4 is 12.0 Å². The van der Waals surface area contributed by atoms with E-state index in [9.17, 15) is 14.7 Å². The van der Waals surface area contributed by atoms with Gasteiger partial charge in [-0.15, -0.1) is 0 Å². The van der Waals surface area contributed by atoms with Gasteiger partial charge in [-0.1, -0.05) is 13.3 Å². The van der Waals surface area contributed by atoms with Gasteiger partial charge in [-0.05, 0) is 39.0 Å². The predicted molar refractivity (Wildman–Crippen MR) is 72.0 cm³/mol. The zero-order valence-corrected chi connectivity index (χ0v) is 11.9. The number of amides is 2. The quantitative estimate of drug-likeness (QED) is 0.832. The number of likely N-dealkylation sites (tertiary alicyclic amines) is 1. The van der Waals surface area contributed by atoms with E-state index in [-0.39, 0.29) is 6.03 Å². The Kier molecular flexibility index (Phi) is 4.02. The van der Waals surface area contributed by atoms with E-state index in [1.165, 1.54) is 0 Å². The molecule has 0 aromatic carbocycles. The van der Waals surface area contributed by atoms with Gasteiger partial charge in [-0.3, -0.25) is 0 Å². The van der Waals surface area contributed by atoms with Crippen LogP contribution < -0.4 is 0 Å². The summed E-state index contributed by atoms with van der Waals surface area (Å²) in [5.74, 6) is -0.885. The monoisotopic (exact) mass is 268 g/mol. The lowest BCUT2D eigenvalue weighted by atomic mass is 10.00. The zero-order chi connectivity index (χ0) is 14.0. The van der Waals surface area contributed by atoms with Gasteiger partial charge in [0.05, 0.1) is 0 Å². The summed E-state index contributed by atoms with van der Waals surface area (Å²) in [6.07, 6.45) is 5.49. The van der Waals surface area contributed by atoms with Gasteiger partial charge in [0.2, 0.25) is 0 Å². The summed E-state index contributed by atoms with van der Waals surface area (Å²) in [5.41, 5.74) is -1.02. The largest absolute Gasteiger partial charge is 0.480 e. The number of rotatable bonds is 5. The van der Waals surface area contributed by atoms with E-state index >= 15 is 0 Å². The van der Waals surface area contributed by atoms with Gasteiger partial charge in [0, 0.05) is 19.1 Å². The molecule has 108 valence electrons. The van der Waals surface area contributed by atoms with Crippen LogP contribution in [0.3, 0.4) is 0 Å². The fraction of sp³-hybridized carbons (Fsp3) is 0.857. The third-order valence-electron chi connectivity index (χ3n) is 4.32. The molecule has 1 N–H and O–H groups in total. The number of unbranched alkanes of at least 4 members (excludes halogenated alkanes) is 1. The van der Waals surface area contributed by atoms with Crippen LogP contribution in [0.25, 0.3) is 0 Å². The lowest BCUT2D eigenvalue weighted by Gasteiger charge is -2.36. The van der Waals surface area contributed by atoms with Gasteiger partial charge in [0.1, 0.15) is 5.54 Å². The average molecular weight is 268 g/mol. The molecule has 0 aromatic heterocycles. The highest BCUT2D eigenvalue weighted by atomic mass is 16.4. The second kappa shape index (κ2) is 5.39. The second-order valence-corrected chi connectivity index (χ2v) is 5.89. The summed E-state index contributed by atoms with van der Waals surface area (Å²) in [6, 6.07) is 0.274. The van der Waals surface area contributed by atoms with Crippen molar-refractivity contribution in [1.82, 2.24) is 9.80 Å². The van der Waals surface area contributed by atoms with Crippen molar-refractivity contribution in [1.29, 1.82) is 0 Å².